The molecule has 0 bridgehead atoms. The van der Waals surface area contributed by atoms with Gasteiger partial charge >= 0.3 is 6.09 Å². The molecule has 2 aromatic carbocycles. The van der Waals surface area contributed by atoms with Crippen molar-refractivity contribution in [2.24, 2.45) is 4.99 Å². The van der Waals surface area contributed by atoms with Crippen LogP contribution < -0.4 is 15.5 Å². The van der Waals surface area contributed by atoms with E-state index in [0.29, 0.717) is 37.7 Å². The fourth-order valence-corrected chi connectivity index (χ4v) is 4.07. The number of anilines is 1. The minimum absolute atomic E-state index is 0.294. The van der Waals surface area contributed by atoms with Crippen LogP contribution in [0.1, 0.15) is 25.8 Å². The van der Waals surface area contributed by atoms with E-state index in [1.54, 1.807) is 19.3 Å². The fourth-order valence-electron chi connectivity index (χ4n) is 4.07. The summed E-state index contributed by atoms with van der Waals surface area (Å²) in [6.07, 6.45) is 2.05. The summed E-state index contributed by atoms with van der Waals surface area (Å²) in [5, 5.41) is 15.6. The molecule has 4 rings (SSSR count). The van der Waals surface area contributed by atoms with Crippen LogP contribution in [-0.4, -0.2) is 48.4 Å². The van der Waals surface area contributed by atoms with Crippen LogP contribution >= 0.6 is 0 Å². The SMILES string of the molecule is CCOC(=O)Nc1cccc(-c2c(C#N)c3ccc(OCCCN4CN=CN4)cc3n2CC)c1. The molecule has 2 N–H and O–H groups in total. The zero-order valence-electron chi connectivity index (χ0n) is 19.4. The van der Waals surface area contributed by atoms with E-state index < -0.39 is 6.09 Å². The van der Waals surface area contributed by atoms with Gasteiger partial charge in [-0.1, -0.05) is 12.1 Å². The van der Waals surface area contributed by atoms with Crippen molar-refractivity contribution in [2.45, 2.75) is 26.8 Å². The van der Waals surface area contributed by atoms with Crippen molar-refractivity contribution < 1.29 is 14.3 Å². The molecule has 0 unspecified atom stereocenters. The summed E-state index contributed by atoms with van der Waals surface area (Å²) in [5.41, 5.74) is 6.85. The zero-order chi connectivity index (χ0) is 23.9. The highest BCUT2D eigenvalue weighted by atomic mass is 16.5. The van der Waals surface area contributed by atoms with Gasteiger partial charge in [0.15, 0.2) is 0 Å². The molecule has 176 valence electrons. The smallest absolute Gasteiger partial charge is 0.411 e. The summed E-state index contributed by atoms with van der Waals surface area (Å²) in [6.45, 7) is 6.85. The highest BCUT2D eigenvalue weighted by Gasteiger charge is 2.19. The summed E-state index contributed by atoms with van der Waals surface area (Å²) in [7, 11) is 0. The fraction of sp³-hybridized carbons (Fsp3) is 0.320. The number of hydrogen-bond donors (Lipinski definition) is 2. The third-order valence-electron chi connectivity index (χ3n) is 5.55. The van der Waals surface area contributed by atoms with Gasteiger partial charge in [-0.3, -0.25) is 10.3 Å². The Bertz CT molecular complexity index is 1240. The highest BCUT2D eigenvalue weighted by molar-refractivity contribution is 5.96. The predicted octanol–water partition coefficient (Wildman–Crippen LogP) is 4.34. The highest BCUT2D eigenvalue weighted by Crippen LogP contribution is 2.36. The molecule has 0 saturated carbocycles. The Morgan fingerprint density at radius 3 is 2.88 bits per heavy atom. The maximum absolute atomic E-state index is 11.9. The number of nitrogens with one attached hydrogen (secondary N) is 2. The number of benzene rings is 2. The normalized spacial score (nSPS) is 13.0. The second-order valence-electron chi connectivity index (χ2n) is 7.73. The number of aliphatic imine (C=N–C) groups is 1. The van der Waals surface area contributed by atoms with Gasteiger partial charge in [0.2, 0.25) is 0 Å². The number of aryl methyl sites for hydroxylation is 1. The largest absolute Gasteiger partial charge is 0.493 e. The van der Waals surface area contributed by atoms with Crippen LogP contribution in [0.4, 0.5) is 10.5 Å². The molecule has 1 aromatic heterocycles. The van der Waals surface area contributed by atoms with Crippen molar-refractivity contribution in [1.82, 2.24) is 15.0 Å². The molecular formula is C25H28N6O3. The molecule has 1 aliphatic rings. The summed E-state index contributed by atoms with van der Waals surface area (Å²) < 4.78 is 13.1. The first-order valence-electron chi connectivity index (χ1n) is 11.4. The van der Waals surface area contributed by atoms with E-state index in [1.165, 1.54) is 0 Å². The zero-order valence-corrected chi connectivity index (χ0v) is 19.4. The van der Waals surface area contributed by atoms with E-state index in [2.05, 4.69) is 26.4 Å². The Morgan fingerprint density at radius 2 is 2.15 bits per heavy atom. The lowest BCUT2D eigenvalue weighted by atomic mass is 10.1. The monoisotopic (exact) mass is 460 g/mol. The lowest BCUT2D eigenvalue weighted by molar-refractivity contribution is 0.168. The van der Waals surface area contributed by atoms with Crippen LogP contribution in [0.25, 0.3) is 22.2 Å². The van der Waals surface area contributed by atoms with E-state index >= 15 is 0 Å². The summed E-state index contributed by atoms with van der Waals surface area (Å²) in [5.74, 6) is 0.763. The minimum Gasteiger partial charge on any atom is -0.493 e. The molecule has 2 heterocycles. The summed E-state index contributed by atoms with van der Waals surface area (Å²) >= 11 is 0. The number of aromatic nitrogens is 1. The number of hydrogen-bond acceptors (Lipinski definition) is 7. The molecule has 0 radical (unpaired) electrons. The van der Waals surface area contributed by atoms with Crippen molar-refractivity contribution in [3.05, 3.63) is 48.0 Å². The average Bonchev–Trinajstić information content (AvgIpc) is 3.47. The molecule has 0 aliphatic carbocycles. The van der Waals surface area contributed by atoms with Crippen LogP contribution in [0, 0.1) is 11.3 Å². The third-order valence-corrected chi connectivity index (χ3v) is 5.55. The molecule has 9 nitrogen and oxygen atoms in total. The molecule has 0 fully saturated rings. The number of carbonyl (C=O) groups is 1. The Hall–Kier alpha value is -4.03. The number of fused-ring (bicyclic) bond motifs is 1. The van der Waals surface area contributed by atoms with Crippen molar-refractivity contribution in [1.29, 1.82) is 5.26 Å². The van der Waals surface area contributed by atoms with Crippen LogP contribution in [0.2, 0.25) is 0 Å². The number of nitrogens with zero attached hydrogens (tertiary/aromatic N) is 4. The first kappa shape index (κ1) is 23.1. The molecule has 9 heteroatoms. The maximum Gasteiger partial charge on any atom is 0.411 e. The summed E-state index contributed by atoms with van der Waals surface area (Å²) in [4.78, 5) is 16.0. The van der Waals surface area contributed by atoms with E-state index in [4.69, 9.17) is 9.47 Å². The van der Waals surface area contributed by atoms with Gasteiger partial charge < -0.3 is 19.5 Å². The molecule has 0 atom stereocenters. The van der Waals surface area contributed by atoms with Gasteiger partial charge in [-0.2, -0.15) is 5.26 Å². The van der Waals surface area contributed by atoms with Crippen molar-refractivity contribution in [2.75, 3.05) is 31.7 Å². The van der Waals surface area contributed by atoms with Crippen molar-refractivity contribution in [3.8, 4) is 23.1 Å². The first-order valence-corrected chi connectivity index (χ1v) is 11.4. The topological polar surface area (TPSA) is 104 Å². The van der Waals surface area contributed by atoms with Gasteiger partial charge in [0.05, 0.1) is 36.3 Å². The number of rotatable bonds is 9. The lowest BCUT2D eigenvalue weighted by Gasteiger charge is -2.14. The second-order valence-corrected chi connectivity index (χ2v) is 7.73. The first-order chi connectivity index (χ1) is 16.6. The number of nitriles is 1. The van der Waals surface area contributed by atoms with Gasteiger partial charge in [-0.25, -0.2) is 9.80 Å². The van der Waals surface area contributed by atoms with Crippen LogP contribution in [0.3, 0.4) is 0 Å². The predicted molar refractivity (Wildman–Crippen MR) is 132 cm³/mol. The second kappa shape index (κ2) is 10.7. The number of carbonyl (C=O) groups excluding carboxylic acids is 1. The molecular weight excluding hydrogens is 432 g/mol. The Labute approximate surface area is 198 Å². The molecule has 0 saturated heterocycles. The Kier molecular flexibility index (Phi) is 7.30. The average molecular weight is 461 g/mol. The van der Waals surface area contributed by atoms with Gasteiger partial charge in [0.1, 0.15) is 18.5 Å². The summed E-state index contributed by atoms with van der Waals surface area (Å²) in [6, 6.07) is 15.6. The number of amides is 1. The van der Waals surface area contributed by atoms with E-state index in [-0.39, 0.29) is 0 Å². The van der Waals surface area contributed by atoms with E-state index in [9.17, 15) is 10.1 Å². The van der Waals surface area contributed by atoms with Gasteiger partial charge in [-0.15, -0.1) is 0 Å². The van der Waals surface area contributed by atoms with Crippen LogP contribution in [-0.2, 0) is 11.3 Å². The lowest BCUT2D eigenvalue weighted by Crippen LogP contribution is -2.33. The van der Waals surface area contributed by atoms with Crippen LogP contribution in [0.15, 0.2) is 47.5 Å². The quantitative estimate of drug-likeness (QED) is 0.460. The van der Waals surface area contributed by atoms with Crippen molar-refractivity contribution >= 4 is 29.0 Å². The van der Waals surface area contributed by atoms with Gasteiger partial charge in [0, 0.05) is 35.8 Å². The Balaban J connectivity index is 1.60. The van der Waals surface area contributed by atoms with E-state index in [0.717, 1.165) is 40.9 Å². The minimum atomic E-state index is -0.508. The number of hydrazine groups is 1. The van der Waals surface area contributed by atoms with Gasteiger partial charge in [0.25, 0.3) is 0 Å². The molecule has 1 aliphatic heterocycles. The van der Waals surface area contributed by atoms with E-state index in [1.807, 2.05) is 48.3 Å². The standard InChI is InChI=1S/C25H28N6O3/c1-3-31-23-14-20(34-12-6-11-30-17-27-16-28-30)9-10-21(23)22(15-26)24(31)18-7-5-8-19(13-18)29-25(32)33-4-2/h5,7-10,13-14,16H,3-4,6,11-12,17H2,1-2H3,(H,27,28)(H,29,32). The van der Waals surface area contributed by atoms with Crippen molar-refractivity contribution in [3.63, 3.8) is 0 Å². The Morgan fingerprint density at radius 1 is 1.26 bits per heavy atom. The molecule has 3 aromatic rings. The maximum atomic E-state index is 11.9. The van der Waals surface area contributed by atoms with Gasteiger partial charge in [-0.05, 0) is 44.5 Å². The van der Waals surface area contributed by atoms with Crippen LogP contribution in [0.5, 0.6) is 5.75 Å². The molecule has 1 amide bonds. The number of ether oxygens (including phenoxy) is 2. The molecule has 0 spiro atoms. The molecule has 34 heavy (non-hydrogen) atoms. The third kappa shape index (κ3) is 4.97.